The van der Waals surface area contributed by atoms with E-state index in [1.165, 1.54) is 9.71 Å². The molecule has 0 fully saturated rings. The molecule has 0 unspecified atom stereocenters. The average Bonchev–Trinajstić information content (AvgIpc) is 2.60. The topological polar surface area (TPSA) is 24.9 Å². The zero-order chi connectivity index (χ0) is 9.80. The third kappa shape index (κ3) is 2.11. The molecule has 0 saturated heterocycles. The van der Waals surface area contributed by atoms with Crippen molar-refractivity contribution >= 4 is 21.6 Å². The molecule has 1 aromatic carbocycles. The first-order valence-corrected chi connectivity index (χ1v) is 5.77. The van der Waals surface area contributed by atoms with E-state index in [2.05, 4.69) is 35.4 Å². The van der Waals surface area contributed by atoms with Gasteiger partial charge in [0.15, 0.2) is 0 Å². The van der Waals surface area contributed by atoms with Gasteiger partial charge in [-0.15, -0.1) is 11.3 Å². The van der Waals surface area contributed by atoms with E-state index in [1.807, 2.05) is 6.07 Å². The Balaban J connectivity index is 2.11. The smallest absolute Gasteiger partial charge is 0.0951 e. The molecule has 0 spiro atoms. The van der Waals surface area contributed by atoms with Crippen LogP contribution in [0.25, 0.3) is 10.2 Å². The van der Waals surface area contributed by atoms with Gasteiger partial charge in [0.25, 0.3) is 0 Å². The molecular formula is C11H14N2S. The summed E-state index contributed by atoms with van der Waals surface area (Å²) >= 11 is 1.80. The number of nitrogens with one attached hydrogen (secondary N) is 1. The molecule has 74 valence electrons. The van der Waals surface area contributed by atoms with Crippen LogP contribution in [0.3, 0.4) is 0 Å². The first-order valence-electron chi connectivity index (χ1n) is 4.95. The summed E-state index contributed by atoms with van der Waals surface area (Å²) in [5.41, 5.74) is 1.13. The number of likely N-dealkylation sites (N-methyl/N-ethyl adjacent to an activating group) is 1. The van der Waals surface area contributed by atoms with Crippen LogP contribution in [0.1, 0.15) is 11.9 Å². The number of hydrogen-bond donors (Lipinski definition) is 1. The molecule has 0 aliphatic heterocycles. The molecule has 0 saturated carbocycles. The van der Waals surface area contributed by atoms with E-state index < -0.39 is 0 Å². The standard InChI is InChI=1S/C11H14N2S/c1-2-12-8-7-11-13-9-5-3-4-6-10(9)14-11/h3-6,12H,2,7-8H2,1H3. The molecule has 2 rings (SSSR count). The van der Waals surface area contributed by atoms with Gasteiger partial charge >= 0.3 is 0 Å². The van der Waals surface area contributed by atoms with Crippen molar-refractivity contribution in [2.45, 2.75) is 13.3 Å². The summed E-state index contributed by atoms with van der Waals surface area (Å²) in [5, 5.41) is 4.54. The summed E-state index contributed by atoms with van der Waals surface area (Å²) < 4.78 is 1.29. The highest BCUT2D eigenvalue weighted by molar-refractivity contribution is 7.18. The van der Waals surface area contributed by atoms with Crippen molar-refractivity contribution < 1.29 is 0 Å². The Morgan fingerprint density at radius 1 is 1.36 bits per heavy atom. The maximum absolute atomic E-state index is 4.56. The van der Waals surface area contributed by atoms with Gasteiger partial charge in [-0.05, 0) is 18.7 Å². The number of para-hydroxylation sites is 1. The molecule has 2 aromatic rings. The van der Waals surface area contributed by atoms with E-state index in [1.54, 1.807) is 11.3 Å². The first-order chi connectivity index (χ1) is 6.90. The Hall–Kier alpha value is -0.930. The van der Waals surface area contributed by atoms with Gasteiger partial charge in [-0.3, -0.25) is 0 Å². The maximum atomic E-state index is 4.56. The monoisotopic (exact) mass is 206 g/mol. The third-order valence-electron chi connectivity index (χ3n) is 2.10. The minimum Gasteiger partial charge on any atom is -0.317 e. The SMILES string of the molecule is CCNCCc1nc2ccccc2s1. The van der Waals surface area contributed by atoms with Crippen LogP contribution in [0.5, 0.6) is 0 Å². The zero-order valence-electron chi connectivity index (χ0n) is 8.29. The largest absolute Gasteiger partial charge is 0.317 e. The molecule has 0 aliphatic carbocycles. The van der Waals surface area contributed by atoms with E-state index in [0.29, 0.717) is 0 Å². The van der Waals surface area contributed by atoms with E-state index in [0.717, 1.165) is 25.0 Å². The Kier molecular flexibility index (Phi) is 3.11. The highest BCUT2D eigenvalue weighted by Gasteiger charge is 2.01. The molecule has 1 aromatic heterocycles. The normalized spacial score (nSPS) is 10.9. The molecule has 2 nitrogen and oxygen atoms in total. The molecular weight excluding hydrogens is 192 g/mol. The third-order valence-corrected chi connectivity index (χ3v) is 3.20. The van der Waals surface area contributed by atoms with Gasteiger partial charge < -0.3 is 5.32 Å². The van der Waals surface area contributed by atoms with E-state index in [4.69, 9.17) is 0 Å². The Morgan fingerprint density at radius 3 is 3.00 bits per heavy atom. The highest BCUT2D eigenvalue weighted by Crippen LogP contribution is 2.21. The van der Waals surface area contributed by atoms with Crippen molar-refractivity contribution in [1.82, 2.24) is 10.3 Å². The van der Waals surface area contributed by atoms with Crippen LogP contribution in [0, 0.1) is 0 Å². The summed E-state index contributed by atoms with van der Waals surface area (Å²) in [7, 11) is 0. The Bertz CT molecular complexity index is 375. The summed E-state index contributed by atoms with van der Waals surface area (Å²) in [6.07, 6.45) is 1.03. The Labute approximate surface area is 88.0 Å². The van der Waals surface area contributed by atoms with E-state index in [9.17, 15) is 0 Å². The predicted molar refractivity (Wildman–Crippen MR) is 61.9 cm³/mol. The number of thiazole rings is 1. The van der Waals surface area contributed by atoms with E-state index in [-0.39, 0.29) is 0 Å². The van der Waals surface area contributed by atoms with Crippen molar-refractivity contribution in [2.24, 2.45) is 0 Å². The van der Waals surface area contributed by atoms with Crippen LogP contribution in [-0.2, 0) is 6.42 Å². The average molecular weight is 206 g/mol. The number of rotatable bonds is 4. The van der Waals surface area contributed by atoms with Crippen LogP contribution >= 0.6 is 11.3 Å². The van der Waals surface area contributed by atoms with E-state index >= 15 is 0 Å². The minimum atomic E-state index is 1.02. The fourth-order valence-electron chi connectivity index (χ4n) is 1.40. The van der Waals surface area contributed by atoms with Gasteiger partial charge in [-0.2, -0.15) is 0 Å². The second-order valence-electron chi connectivity index (χ2n) is 3.18. The number of benzene rings is 1. The fraction of sp³-hybridized carbons (Fsp3) is 0.364. The maximum Gasteiger partial charge on any atom is 0.0951 e. The molecule has 0 atom stereocenters. The molecule has 0 bridgehead atoms. The lowest BCUT2D eigenvalue weighted by molar-refractivity contribution is 0.715. The molecule has 0 amide bonds. The Morgan fingerprint density at radius 2 is 2.21 bits per heavy atom. The van der Waals surface area contributed by atoms with Crippen molar-refractivity contribution in [3.63, 3.8) is 0 Å². The summed E-state index contributed by atoms with van der Waals surface area (Å²) in [6, 6.07) is 8.30. The van der Waals surface area contributed by atoms with Gasteiger partial charge in [0.2, 0.25) is 0 Å². The first kappa shape index (κ1) is 9.62. The highest BCUT2D eigenvalue weighted by atomic mass is 32.1. The number of nitrogens with zero attached hydrogens (tertiary/aromatic N) is 1. The van der Waals surface area contributed by atoms with Gasteiger partial charge in [-0.25, -0.2) is 4.98 Å². The van der Waals surface area contributed by atoms with Gasteiger partial charge in [-0.1, -0.05) is 19.1 Å². The lowest BCUT2D eigenvalue weighted by atomic mass is 10.3. The van der Waals surface area contributed by atoms with Crippen LogP contribution in [0.4, 0.5) is 0 Å². The van der Waals surface area contributed by atoms with Gasteiger partial charge in [0.05, 0.1) is 15.2 Å². The van der Waals surface area contributed by atoms with Crippen LogP contribution < -0.4 is 5.32 Å². The summed E-state index contributed by atoms with van der Waals surface area (Å²) in [5.74, 6) is 0. The molecule has 1 N–H and O–H groups in total. The minimum absolute atomic E-state index is 1.02. The molecule has 0 aliphatic rings. The zero-order valence-corrected chi connectivity index (χ0v) is 9.10. The van der Waals surface area contributed by atoms with Crippen molar-refractivity contribution in [3.8, 4) is 0 Å². The van der Waals surface area contributed by atoms with Crippen molar-refractivity contribution in [1.29, 1.82) is 0 Å². The van der Waals surface area contributed by atoms with Gasteiger partial charge in [0.1, 0.15) is 0 Å². The lowest BCUT2D eigenvalue weighted by Crippen LogP contribution is -2.15. The fourth-order valence-corrected chi connectivity index (χ4v) is 2.37. The van der Waals surface area contributed by atoms with Crippen LogP contribution in [-0.4, -0.2) is 18.1 Å². The lowest BCUT2D eigenvalue weighted by Gasteiger charge is -1.96. The van der Waals surface area contributed by atoms with Crippen molar-refractivity contribution in [3.05, 3.63) is 29.3 Å². The predicted octanol–water partition coefficient (Wildman–Crippen LogP) is 2.45. The van der Waals surface area contributed by atoms with Crippen LogP contribution in [0.2, 0.25) is 0 Å². The number of fused-ring (bicyclic) bond motifs is 1. The van der Waals surface area contributed by atoms with Gasteiger partial charge in [0, 0.05) is 13.0 Å². The quantitative estimate of drug-likeness (QED) is 0.777. The summed E-state index contributed by atoms with van der Waals surface area (Å²) in [4.78, 5) is 4.56. The molecule has 3 heteroatoms. The molecule has 0 radical (unpaired) electrons. The second kappa shape index (κ2) is 4.53. The number of hydrogen-bond acceptors (Lipinski definition) is 3. The molecule has 1 heterocycles. The van der Waals surface area contributed by atoms with Crippen LogP contribution in [0.15, 0.2) is 24.3 Å². The van der Waals surface area contributed by atoms with Crippen molar-refractivity contribution in [2.75, 3.05) is 13.1 Å². The number of aromatic nitrogens is 1. The molecule has 14 heavy (non-hydrogen) atoms. The summed E-state index contributed by atoms with van der Waals surface area (Å²) in [6.45, 7) is 4.18. The second-order valence-corrected chi connectivity index (χ2v) is 4.29.